The summed E-state index contributed by atoms with van der Waals surface area (Å²) in [7, 11) is 0. The molecule has 0 atom stereocenters. The molecule has 0 saturated carbocycles. The van der Waals surface area contributed by atoms with Crippen LogP contribution < -0.4 is 0 Å². The molecule has 1 rings (SSSR count). The van der Waals surface area contributed by atoms with Crippen LogP contribution >= 0.6 is 0 Å². The maximum atomic E-state index is 8.92. The molecule has 0 aromatic heterocycles. The molecule has 0 aromatic rings. The fraction of sp³-hybridized carbons (Fsp3) is 0.727. The summed E-state index contributed by atoms with van der Waals surface area (Å²) in [6, 6.07) is 2.26. The van der Waals surface area contributed by atoms with E-state index in [1.807, 2.05) is 0 Å². The summed E-state index contributed by atoms with van der Waals surface area (Å²) in [5, 5.41) is 8.92. The number of nitriles is 1. The molecule has 72 valence electrons. The lowest BCUT2D eigenvalue weighted by molar-refractivity contribution is 0.163. The van der Waals surface area contributed by atoms with E-state index in [9.17, 15) is 0 Å². The molecule has 13 heavy (non-hydrogen) atoms. The van der Waals surface area contributed by atoms with E-state index in [2.05, 4.69) is 13.0 Å². The zero-order valence-electron chi connectivity index (χ0n) is 8.31. The van der Waals surface area contributed by atoms with Crippen LogP contribution in [0.3, 0.4) is 0 Å². The van der Waals surface area contributed by atoms with E-state index >= 15 is 0 Å². The van der Waals surface area contributed by atoms with Gasteiger partial charge in [0.1, 0.15) is 5.76 Å². The van der Waals surface area contributed by atoms with Crippen molar-refractivity contribution in [3.05, 3.63) is 11.3 Å². The van der Waals surface area contributed by atoms with Gasteiger partial charge in [-0.1, -0.05) is 13.3 Å². The molecule has 0 radical (unpaired) electrons. The van der Waals surface area contributed by atoms with Crippen molar-refractivity contribution in [2.24, 2.45) is 0 Å². The molecule has 1 saturated heterocycles. The smallest absolute Gasteiger partial charge is 0.110 e. The van der Waals surface area contributed by atoms with Gasteiger partial charge in [0.2, 0.25) is 0 Å². The summed E-state index contributed by atoms with van der Waals surface area (Å²) >= 11 is 0. The normalized spacial score (nSPS) is 20.3. The van der Waals surface area contributed by atoms with Crippen molar-refractivity contribution in [3.8, 4) is 6.07 Å². The van der Waals surface area contributed by atoms with Crippen LogP contribution in [0, 0.1) is 11.3 Å². The minimum absolute atomic E-state index is 0.798. The van der Waals surface area contributed by atoms with Crippen LogP contribution in [0.25, 0.3) is 0 Å². The Morgan fingerprint density at radius 3 is 2.92 bits per heavy atom. The SMILES string of the molecule is CCCC/C(C#N)=C1/CCCCO1. The number of nitrogens with zero attached hydrogens (tertiary/aromatic N) is 1. The summed E-state index contributed by atoms with van der Waals surface area (Å²) in [5.41, 5.74) is 0.876. The molecule has 2 heteroatoms. The lowest BCUT2D eigenvalue weighted by Gasteiger charge is -2.17. The van der Waals surface area contributed by atoms with Crippen LogP contribution in [-0.2, 0) is 4.74 Å². The van der Waals surface area contributed by atoms with Crippen molar-refractivity contribution in [2.45, 2.75) is 45.4 Å². The van der Waals surface area contributed by atoms with E-state index in [0.29, 0.717) is 0 Å². The van der Waals surface area contributed by atoms with E-state index in [4.69, 9.17) is 10.00 Å². The van der Waals surface area contributed by atoms with Crippen molar-refractivity contribution in [1.82, 2.24) is 0 Å². The number of rotatable bonds is 3. The van der Waals surface area contributed by atoms with Gasteiger partial charge in [-0.2, -0.15) is 5.26 Å². The van der Waals surface area contributed by atoms with Crippen molar-refractivity contribution in [1.29, 1.82) is 5.26 Å². The number of allylic oxidation sites excluding steroid dienone is 2. The first-order chi connectivity index (χ1) is 6.38. The summed E-state index contributed by atoms with van der Waals surface area (Å²) in [4.78, 5) is 0. The number of unbranched alkanes of at least 4 members (excludes halogenated alkanes) is 1. The van der Waals surface area contributed by atoms with Crippen LogP contribution in [0.5, 0.6) is 0 Å². The Kier molecular flexibility index (Phi) is 4.39. The Labute approximate surface area is 80.2 Å². The van der Waals surface area contributed by atoms with Gasteiger partial charge in [0, 0.05) is 6.42 Å². The summed E-state index contributed by atoms with van der Waals surface area (Å²) in [6.07, 6.45) is 6.39. The molecule has 0 unspecified atom stereocenters. The minimum Gasteiger partial charge on any atom is -0.497 e. The van der Waals surface area contributed by atoms with Gasteiger partial charge in [0.05, 0.1) is 18.2 Å². The second kappa shape index (κ2) is 5.64. The molecular formula is C11H17NO. The van der Waals surface area contributed by atoms with Gasteiger partial charge in [-0.3, -0.25) is 0 Å². The third kappa shape index (κ3) is 3.10. The summed E-state index contributed by atoms with van der Waals surface area (Å²) < 4.78 is 5.49. The van der Waals surface area contributed by atoms with E-state index in [1.54, 1.807) is 0 Å². The molecule has 0 N–H and O–H groups in total. The van der Waals surface area contributed by atoms with Crippen molar-refractivity contribution in [3.63, 3.8) is 0 Å². The van der Waals surface area contributed by atoms with E-state index in [-0.39, 0.29) is 0 Å². The second-order valence-corrected chi connectivity index (χ2v) is 3.42. The van der Waals surface area contributed by atoms with Gasteiger partial charge >= 0.3 is 0 Å². The molecule has 0 amide bonds. The highest BCUT2D eigenvalue weighted by Crippen LogP contribution is 2.22. The number of hydrogen-bond acceptors (Lipinski definition) is 2. The Morgan fingerprint density at radius 2 is 2.38 bits per heavy atom. The maximum Gasteiger partial charge on any atom is 0.110 e. The van der Waals surface area contributed by atoms with Crippen LogP contribution in [-0.4, -0.2) is 6.61 Å². The molecule has 0 aliphatic carbocycles. The zero-order chi connectivity index (χ0) is 9.52. The van der Waals surface area contributed by atoms with Crippen molar-refractivity contribution < 1.29 is 4.74 Å². The predicted molar refractivity (Wildman–Crippen MR) is 52.0 cm³/mol. The molecule has 1 fully saturated rings. The molecule has 1 aliphatic rings. The zero-order valence-corrected chi connectivity index (χ0v) is 8.31. The average Bonchev–Trinajstić information content (AvgIpc) is 2.21. The average molecular weight is 179 g/mol. The van der Waals surface area contributed by atoms with E-state index < -0.39 is 0 Å². The number of ether oxygens (including phenoxy) is 1. The van der Waals surface area contributed by atoms with Crippen LogP contribution in [0.1, 0.15) is 45.4 Å². The van der Waals surface area contributed by atoms with Gasteiger partial charge in [-0.05, 0) is 25.7 Å². The first-order valence-electron chi connectivity index (χ1n) is 5.13. The van der Waals surface area contributed by atoms with Gasteiger partial charge in [0.15, 0.2) is 0 Å². The van der Waals surface area contributed by atoms with Gasteiger partial charge < -0.3 is 4.74 Å². The molecule has 0 aromatic carbocycles. The Morgan fingerprint density at radius 1 is 1.54 bits per heavy atom. The third-order valence-electron chi connectivity index (χ3n) is 2.33. The highest BCUT2D eigenvalue weighted by atomic mass is 16.5. The van der Waals surface area contributed by atoms with Gasteiger partial charge in [0.25, 0.3) is 0 Å². The maximum absolute atomic E-state index is 8.92. The highest BCUT2D eigenvalue weighted by Gasteiger charge is 2.11. The van der Waals surface area contributed by atoms with E-state index in [0.717, 1.165) is 50.0 Å². The fourth-order valence-corrected chi connectivity index (χ4v) is 1.50. The summed E-state index contributed by atoms with van der Waals surface area (Å²) in [6.45, 7) is 2.94. The topological polar surface area (TPSA) is 33.0 Å². The van der Waals surface area contributed by atoms with Crippen molar-refractivity contribution in [2.75, 3.05) is 6.61 Å². The van der Waals surface area contributed by atoms with Gasteiger partial charge in [-0.25, -0.2) is 0 Å². The monoisotopic (exact) mass is 179 g/mol. The largest absolute Gasteiger partial charge is 0.497 e. The van der Waals surface area contributed by atoms with E-state index in [1.165, 1.54) is 6.42 Å². The predicted octanol–water partition coefficient (Wildman–Crippen LogP) is 3.15. The second-order valence-electron chi connectivity index (χ2n) is 3.42. The van der Waals surface area contributed by atoms with Crippen LogP contribution in [0.2, 0.25) is 0 Å². The Balaban J connectivity index is 2.55. The van der Waals surface area contributed by atoms with Crippen LogP contribution in [0.4, 0.5) is 0 Å². The fourth-order valence-electron chi connectivity index (χ4n) is 1.50. The quantitative estimate of drug-likeness (QED) is 0.623. The lowest BCUT2D eigenvalue weighted by atomic mass is 10.0. The molecule has 1 heterocycles. The standard InChI is InChI=1S/C11H17NO/c1-2-3-6-10(9-12)11-7-4-5-8-13-11/h2-8H2,1H3/b11-10+. The molecule has 1 aliphatic heterocycles. The molecule has 2 nitrogen and oxygen atoms in total. The highest BCUT2D eigenvalue weighted by molar-refractivity contribution is 5.24. The minimum atomic E-state index is 0.798. The van der Waals surface area contributed by atoms with Crippen LogP contribution in [0.15, 0.2) is 11.3 Å². The molecule has 0 spiro atoms. The van der Waals surface area contributed by atoms with Gasteiger partial charge in [-0.15, -0.1) is 0 Å². The molecular weight excluding hydrogens is 162 g/mol. The third-order valence-corrected chi connectivity index (χ3v) is 2.33. The summed E-state index contributed by atoms with van der Waals surface area (Å²) in [5.74, 6) is 0.960. The number of hydrogen-bond donors (Lipinski definition) is 0. The Hall–Kier alpha value is -0.970. The Bertz CT molecular complexity index is 217. The first kappa shape index (κ1) is 10.1. The van der Waals surface area contributed by atoms with Crippen molar-refractivity contribution >= 4 is 0 Å². The lowest BCUT2D eigenvalue weighted by Crippen LogP contribution is -2.05. The first-order valence-corrected chi connectivity index (χ1v) is 5.13. The molecule has 0 bridgehead atoms.